The molecule has 0 radical (unpaired) electrons. The average Bonchev–Trinajstić information content (AvgIpc) is 2.80. The number of piperidine rings is 1. The third-order valence-electron chi connectivity index (χ3n) is 6.17. The zero-order valence-electron chi connectivity index (χ0n) is 18.7. The van der Waals surface area contributed by atoms with Crippen LogP contribution in [0.5, 0.6) is 0 Å². The molecule has 2 aliphatic rings. The van der Waals surface area contributed by atoms with Crippen LogP contribution in [0.3, 0.4) is 0 Å². The van der Waals surface area contributed by atoms with Gasteiger partial charge < -0.3 is 25.3 Å². The standard InChI is InChI=1S/C23H27F2N7O/c1-15-9-16(12-26)19(10-17(15)18-3-4-31(2)14-23(18,24)25)28-20-11-22(30-21(13-27)29-20)32-5-7-33-8-6-32/h9-12,18,26H,3-8,14H2,1-2H3,(H,28,29,30). The first kappa shape index (κ1) is 23.0. The second kappa shape index (κ2) is 9.37. The summed E-state index contributed by atoms with van der Waals surface area (Å²) >= 11 is 0. The van der Waals surface area contributed by atoms with Gasteiger partial charge >= 0.3 is 0 Å². The smallest absolute Gasteiger partial charge is 0.267 e. The van der Waals surface area contributed by atoms with E-state index in [0.29, 0.717) is 67.7 Å². The second-order valence-corrected chi connectivity index (χ2v) is 8.55. The zero-order valence-corrected chi connectivity index (χ0v) is 18.7. The van der Waals surface area contributed by atoms with Crippen molar-refractivity contribution < 1.29 is 13.5 Å². The highest BCUT2D eigenvalue weighted by Crippen LogP contribution is 2.42. The predicted octanol–water partition coefficient (Wildman–Crippen LogP) is 3.29. The molecule has 2 N–H and O–H groups in total. The highest BCUT2D eigenvalue weighted by atomic mass is 19.3. The highest BCUT2D eigenvalue weighted by Gasteiger charge is 2.45. The Morgan fingerprint density at radius 3 is 2.67 bits per heavy atom. The Balaban J connectivity index is 1.70. The fourth-order valence-electron chi connectivity index (χ4n) is 4.48. The Hall–Kier alpha value is -3.16. The molecule has 8 nitrogen and oxygen atoms in total. The number of rotatable bonds is 5. The average molecular weight is 456 g/mol. The van der Waals surface area contributed by atoms with Gasteiger partial charge in [-0.25, -0.2) is 18.7 Å². The number of alkyl halides is 2. The summed E-state index contributed by atoms with van der Waals surface area (Å²) in [5.74, 6) is -2.78. The molecule has 0 saturated carbocycles. The van der Waals surface area contributed by atoms with E-state index in [4.69, 9.17) is 10.1 Å². The van der Waals surface area contributed by atoms with Gasteiger partial charge in [0.15, 0.2) is 0 Å². The number of halogens is 2. The molecule has 0 aliphatic carbocycles. The normalized spacial score (nSPS) is 20.8. The number of nitriles is 1. The SMILES string of the molecule is Cc1cc(C=N)c(Nc2cc(N3CCOCC3)nc(C#N)n2)cc1C1CCN(C)CC1(F)F. The summed E-state index contributed by atoms with van der Waals surface area (Å²) in [6.45, 7) is 4.54. The van der Waals surface area contributed by atoms with Crippen LogP contribution >= 0.6 is 0 Å². The number of ether oxygens (including phenoxy) is 1. The van der Waals surface area contributed by atoms with E-state index < -0.39 is 11.8 Å². The number of likely N-dealkylation sites (tertiary alicyclic amines) is 1. The van der Waals surface area contributed by atoms with Crippen molar-refractivity contribution in [1.82, 2.24) is 14.9 Å². The molecule has 0 amide bonds. The first-order valence-corrected chi connectivity index (χ1v) is 10.9. The number of morpholine rings is 1. The lowest BCUT2D eigenvalue weighted by Crippen LogP contribution is -2.45. The molecule has 0 bridgehead atoms. The zero-order chi connectivity index (χ0) is 23.6. The van der Waals surface area contributed by atoms with Crippen molar-refractivity contribution in [3.05, 3.63) is 40.7 Å². The third kappa shape index (κ3) is 4.94. The van der Waals surface area contributed by atoms with Crippen LogP contribution in [0.2, 0.25) is 0 Å². The maximum atomic E-state index is 14.9. The van der Waals surface area contributed by atoms with E-state index in [1.165, 1.54) is 6.21 Å². The second-order valence-electron chi connectivity index (χ2n) is 8.55. The first-order valence-electron chi connectivity index (χ1n) is 10.9. The Morgan fingerprint density at radius 1 is 1.24 bits per heavy atom. The molecule has 1 aromatic heterocycles. The van der Waals surface area contributed by atoms with Gasteiger partial charge in [-0.05, 0) is 50.2 Å². The van der Waals surface area contributed by atoms with Crippen LogP contribution in [-0.2, 0) is 4.74 Å². The van der Waals surface area contributed by atoms with Crippen molar-refractivity contribution in [2.45, 2.75) is 25.2 Å². The maximum Gasteiger partial charge on any atom is 0.267 e. The topological polar surface area (TPSA) is 101 Å². The quantitative estimate of drug-likeness (QED) is 0.667. The minimum atomic E-state index is -2.85. The van der Waals surface area contributed by atoms with E-state index in [-0.39, 0.29) is 12.4 Å². The van der Waals surface area contributed by atoms with Gasteiger partial charge in [0.2, 0.25) is 5.82 Å². The van der Waals surface area contributed by atoms with Crippen molar-refractivity contribution in [2.24, 2.45) is 0 Å². The van der Waals surface area contributed by atoms with Crippen molar-refractivity contribution >= 4 is 23.5 Å². The summed E-state index contributed by atoms with van der Waals surface area (Å²) in [6.07, 6.45) is 1.53. The lowest BCUT2D eigenvalue weighted by Gasteiger charge is -2.37. The number of aryl methyl sites for hydroxylation is 1. The Labute approximate surface area is 191 Å². The molecule has 4 rings (SSSR count). The lowest BCUT2D eigenvalue weighted by molar-refractivity contribution is -0.0766. The Kier molecular flexibility index (Phi) is 6.54. The molecule has 1 unspecified atom stereocenters. The highest BCUT2D eigenvalue weighted by molar-refractivity contribution is 5.88. The number of anilines is 3. The summed E-state index contributed by atoms with van der Waals surface area (Å²) in [5.41, 5.74) is 2.33. The van der Waals surface area contributed by atoms with Crippen LogP contribution in [0.1, 0.15) is 34.9 Å². The molecule has 2 saturated heterocycles. The minimum absolute atomic E-state index is 0.00656. The largest absolute Gasteiger partial charge is 0.378 e. The summed E-state index contributed by atoms with van der Waals surface area (Å²) in [6, 6.07) is 7.15. The Morgan fingerprint density at radius 2 is 2.00 bits per heavy atom. The lowest BCUT2D eigenvalue weighted by atomic mass is 9.83. The molecule has 174 valence electrons. The van der Waals surface area contributed by atoms with Gasteiger partial charge in [0.25, 0.3) is 5.92 Å². The summed E-state index contributed by atoms with van der Waals surface area (Å²) in [7, 11) is 1.70. The monoisotopic (exact) mass is 455 g/mol. The maximum absolute atomic E-state index is 14.9. The fourth-order valence-corrected chi connectivity index (χ4v) is 4.48. The fraction of sp³-hybridized carbons (Fsp3) is 0.478. The van der Waals surface area contributed by atoms with E-state index in [1.54, 1.807) is 37.1 Å². The molecule has 2 fully saturated rings. The van der Waals surface area contributed by atoms with Gasteiger partial charge in [-0.1, -0.05) is 0 Å². The Bertz CT molecular complexity index is 1080. The number of aromatic nitrogens is 2. The van der Waals surface area contributed by atoms with Gasteiger partial charge in [0.05, 0.1) is 25.7 Å². The van der Waals surface area contributed by atoms with Crippen LogP contribution in [0.4, 0.5) is 26.1 Å². The van der Waals surface area contributed by atoms with Gasteiger partial charge in [-0.2, -0.15) is 5.26 Å². The van der Waals surface area contributed by atoms with E-state index in [9.17, 15) is 14.0 Å². The van der Waals surface area contributed by atoms with Crippen LogP contribution in [0.15, 0.2) is 18.2 Å². The third-order valence-corrected chi connectivity index (χ3v) is 6.17. The van der Waals surface area contributed by atoms with Crippen LogP contribution in [-0.4, -0.2) is 73.4 Å². The number of nitrogens with one attached hydrogen (secondary N) is 2. The molecule has 3 heterocycles. The van der Waals surface area contributed by atoms with Gasteiger partial charge in [-0.15, -0.1) is 0 Å². The number of benzene rings is 1. The van der Waals surface area contributed by atoms with E-state index >= 15 is 0 Å². The van der Waals surface area contributed by atoms with E-state index in [0.717, 1.165) is 5.56 Å². The molecular formula is C23H27F2N7O. The molecule has 10 heteroatoms. The number of hydrogen-bond acceptors (Lipinski definition) is 8. The first-order chi connectivity index (χ1) is 15.8. The summed E-state index contributed by atoms with van der Waals surface area (Å²) < 4.78 is 35.2. The number of nitrogens with zero attached hydrogens (tertiary/aromatic N) is 5. The molecule has 2 aromatic rings. The van der Waals surface area contributed by atoms with Crippen LogP contribution in [0, 0.1) is 23.7 Å². The van der Waals surface area contributed by atoms with Crippen LogP contribution < -0.4 is 10.2 Å². The van der Waals surface area contributed by atoms with Crippen molar-refractivity contribution in [3.8, 4) is 6.07 Å². The summed E-state index contributed by atoms with van der Waals surface area (Å²) in [5, 5.41) is 20.4. The minimum Gasteiger partial charge on any atom is -0.378 e. The van der Waals surface area contributed by atoms with Crippen molar-refractivity contribution in [2.75, 3.05) is 56.7 Å². The van der Waals surface area contributed by atoms with Gasteiger partial charge in [0.1, 0.15) is 17.7 Å². The molecule has 33 heavy (non-hydrogen) atoms. The molecule has 2 aliphatic heterocycles. The van der Waals surface area contributed by atoms with Crippen molar-refractivity contribution in [3.63, 3.8) is 0 Å². The van der Waals surface area contributed by atoms with Gasteiger partial charge in [-0.3, -0.25) is 0 Å². The van der Waals surface area contributed by atoms with Crippen LogP contribution in [0.25, 0.3) is 0 Å². The predicted molar refractivity (Wildman–Crippen MR) is 122 cm³/mol. The molecule has 1 atom stereocenters. The molecule has 1 aromatic carbocycles. The van der Waals surface area contributed by atoms with Gasteiger partial charge in [0, 0.05) is 36.6 Å². The van der Waals surface area contributed by atoms with E-state index in [1.807, 2.05) is 11.0 Å². The van der Waals surface area contributed by atoms with Crippen molar-refractivity contribution in [1.29, 1.82) is 10.7 Å². The summed E-state index contributed by atoms with van der Waals surface area (Å²) in [4.78, 5) is 12.2. The molecular weight excluding hydrogens is 428 g/mol. The van der Waals surface area contributed by atoms with E-state index in [2.05, 4.69) is 15.3 Å². The number of hydrogen-bond donors (Lipinski definition) is 2. The molecule has 0 spiro atoms.